The van der Waals surface area contributed by atoms with Gasteiger partial charge < -0.3 is 9.47 Å². The first-order chi connectivity index (χ1) is 9.30. The van der Waals surface area contributed by atoms with Crippen molar-refractivity contribution in [3.05, 3.63) is 35.9 Å². The second-order valence-corrected chi connectivity index (χ2v) is 5.78. The Bertz CT molecular complexity index is 469. The molecule has 3 heteroatoms. The summed E-state index contributed by atoms with van der Waals surface area (Å²) < 4.78 is 11.0. The monoisotopic (exact) mass is 276 g/mol. The minimum atomic E-state index is -0.318. The first-order valence-corrected chi connectivity index (χ1v) is 6.98. The third-order valence-corrected chi connectivity index (χ3v) is 2.59. The third-order valence-electron chi connectivity index (χ3n) is 2.59. The van der Waals surface area contributed by atoms with Crippen LogP contribution in [0.2, 0.25) is 0 Å². The zero-order valence-corrected chi connectivity index (χ0v) is 13.0. The minimum absolute atomic E-state index is 0.0530. The van der Waals surface area contributed by atoms with Gasteiger partial charge in [-0.1, -0.05) is 19.1 Å². The SMILES string of the molecule is CCC(C)OC(=O)/C=C/c1cccc(OC(C)(C)C)c1. The molecule has 0 saturated heterocycles. The van der Waals surface area contributed by atoms with Gasteiger partial charge in [0.1, 0.15) is 11.4 Å². The number of rotatable bonds is 5. The molecule has 0 aliphatic heterocycles. The van der Waals surface area contributed by atoms with E-state index in [1.165, 1.54) is 6.08 Å². The lowest BCUT2D eigenvalue weighted by Crippen LogP contribution is -2.22. The van der Waals surface area contributed by atoms with Gasteiger partial charge in [-0.15, -0.1) is 0 Å². The fraction of sp³-hybridized carbons (Fsp3) is 0.471. The molecule has 0 N–H and O–H groups in total. The summed E-state index contributed by atoms with van der Waals surface area (Å²) in [4.78, 5) is 11.6. The Morgan fingerprint density at radius 2 is 2.05 bits per heavy atom. The molecule has 1 aromatic rings. The highest BCUT2D eigenvalue weighted by molar-refractivity contribution is 5.87. The van der Waals surface area contributed by atoms with Crippen molar-refractivity contribution in [2.75, 3.05) is 0 Å². The van der Waals surface area contributed by atoms with Gasteiger partial charge in [-0.25, -0.2) is 4.79 Å². The maximum absolute atomic E-state index is 11.6. The molecule has 0 aromatic heterocycles. The second kappa shape index (κ2) is 7.13. The Balaban J connectivity index is 2.68. The van der Waals surface area contributed by atoms with Crippen molar-refractivity contribution >= 4 is 12.0 Å². The summed E-state index contributed by atoms with van der Waals surface area (Å²) in [5, 5.41) is 0. The lowest BCUT2D eigenvalue weighted by molar-refractivity contribution is -0.142. The molecular weight excluding hydrogens is 252 g/mol. The molecule has 0 aliphatic carbocycles. The van der Waals surface area contributed by atoms with Gasteiger partial charge in [0.05, 0.1) is 6.10 Å². The van der Waals surface area contributed by atoms with E-state index in [9.17, 15) is 4.79 Å². The molecule has 0 heterocycles. The largest absolute Gasteiger partial charge is 0.488 e. The highest BCUT2D eigenvalue weighted by Crippen LogP contribution is 2.20. The van der Waals surface area contributed by atoms with Crippen molar-refractivity contribution in [1.29, 1.82) is 0 Å². The molecule has 20 heavy (non-hydrogen) atoms. The molecule has 3 nitrogen and oxygen atoms in total. The standard InChI is InChI=1S/C17H24O3/c1-6-13(2)19-16(18)11-10-14-8-7-9-15(12-14)20-17(3,4)5/h7-13H,6H2,1-5H3/b11-10+. The van der Waals surface area contributed by atoms with Crippen LogP contribution in [-0.2, 0) is 9.53 Å². The average Bonchev–Trinajstić information content (AvgIpc) is 2.34. The van der Waals surface area contributed by atoms with Crippen molar-refractivity contribution in [2.45, 2.75) is 52.7 Å². The van der Waals surface area contributed by atoms with Crippen molar-refractivity contribution < 1.29 is 14.3 Å². The Morgan fingerprint density at radius 3 is 2.65 bits per heavy atom. The fourth-order valence-corrected chi connectivity index (χ4v) is 1.52. The predicted octanol–water partition coefficient (Wildman–Crippen LogP) is 4.22. The summed E-state index contributed by atoms with van der Waals surface area (Å²) >= 11 is 0. The van der Waals surface area contributed by atoms with Crippen LogP contribution in [0.1, 0.15) is 46.6 Å². The van der Waals surface area contributed by atoms with Crippen LogP contribution in [0.4, 0.5) is 0 Å². The number of carbonyl (C=O) groups excluding carboxylic acids is 1. The maximum Gasteiger partial charge on any atom is 0.331 e. The van der Waals surface area contributed by atoms with E-state index in [0.29, 0.717) is 0 Å². The number of hydrogen-bond acceptors (Lipinski definition) is 3. The van der Waals surface area contributed by atoms with Gasteiger partial charge in [-0.3, -0.25) is 0 Å². The van der Waals surface area contributed by atoms with E-state index < -0.39 is 0 Å². The molecule has 1 rings (SSSR count). The number of hydrogen-bond donors (Lipinski definition) is 0. The summed E-state index contributed by atoms with van der Waals surface area (Å²) in [7, 11) is 0. The lowest BCUT2D eigenvalue weighted by atomic mass is 10.1. The number of ether oxygens (including phenoxy) is 2. The number of carbonyl (C=O) groups is 1. The molecule has 0 saturated carbocycles. The first kappa shape index (κ1) is 16.3. The van der Waals surface area contributed by atoms with Crippen LogP contribution in [0.25, 0.3) is 6.08 Å². The van der Waals surface area contributed by atoms with Crippen molar-refractivity contribution in [3.8, 4) is 5.75 Å². The molecule has 0 aliphatic rings. The Hall–Kier alpha value is -1.77. The molecule has 0 spiro atoms. The van der Waals surface area contributed by atoms with Crippen LogP contribution in [0, 0.1) is 0 Å². The van der Waals surface area contributed by atoms with Crippen molar-refractivity contribution in [3.63, 3.8) is 0 Å². The molecule has 0 fully saturated rings. The van der Waals surface area contributed by atoms with Crippen molar-refractivity contribution in [1.82, 2.24) is 0 Å². The zero-order valence-electron chi connectivity index (χ0n) is 13.0. The highest BCUT2D eigenvalue weighted by Gasteiger charge is 2.11. The normalized spacial score (nSPS) is 13.2. The number of benzene rings is 1. The Morgan fingerprint density at radius 1 is 1.35 bits per heavy atom. The van der Waals surface area contributed by atoms with Gasteiger partial charge in [-0.05, 0) is 57.9 Å². The Kier molecular flexibility index (Phi) is 5.81. The van der Waals surface area contributed by atoms with Crippen LogP contribution < -0.4 is 4.74 Å². The average molecular weight is 276 g/mol. The molecule has 0 amide bonds. The maximum atomic E-state index is 11.6. The zero-order chi connectivity index (χ0) is 15.2. The summed E-state index contributed by atoms with van der Waals surface area (Å²) in [6.07, 6.45) is 3.94. The van der Waals surface area contributed by atoms with E-state index in [1.807, 2.05) is 58.9 Å². The highest BCUT2D eigenvalue weighted by atomic mass is 16.5. The van der Waals surface area contributed by atoms with E-state index in [0.717, 1.165) is 17.7 Å². The van der Waals surface area contributed by atoms with E-state index in [-0.39, 0.29) is 17.7 Å². The van der Waals surface area contributed by atoms with Gasteiger partial charge >= 0.3 is 5.97 Å². The van der Waals surface area contributed by atoms with E-state index in [1.54, 1.807) is 6.08 Å². The summed E-state index contributed by atoms with van der Waals surface area (Å²) in [5.41, 5.74) is 0.672. The van der Waals surface area contributed by atoms with Crippen LogP contribution in [0.15, 0.2) is 30.3 Å². The molecule has 0 bridgehead atoms. The van der Waals surface area contributed by atoms with Gasteiger partial charge in [0, 0.05) is 6.08 Å². The van der Waals surface area contributed by atoms with Gasteiger partial charge in [0.25, 0.3) is 0 Å². The smallest absolute Gasteiger partial charge is 0.331 e. The van der Waals surface area contributed by atoms with E-state index in [2.05, 4.69) is 0 Å². The Labute approximate surface area is 121 Å². The van der Waals surface area contributed by atoms with Gasteiger partial charge in [-0.2, -0.15) is 0 Å². The summed E-state index contributed by atoms with van der Waals surface area (Å²) in [6, 6.07) is 7.63. The van der Waals surface area contributed by atoms with Crippen LogP contribution in [0.3, 0.4) is 0 Å². The minimum Gasteiger partial charge on any atom is -0.488 e. The molecule has 1 atom stereocenters. The molecule has 0 radical (unpaired) electrons. The molecule has 1 aromatic carbocycles. The van der Waals surface area contributed by atoms with Gasteiger partial charge in [0.2, 0.25) is 0 Å². The van der Waals surface area contributed by atoms with E-state index in [4.69, 9.17) is 9.47 Å². The molecule has 1 unspecified atom stereocenters. The van der Waals surface area contributed by atoms with Crippen LogP contribution in [0.5, 0.6) is 5.75 Å². The predicted molar refractivity (Wildman–Crippen MR) is 81.7 cm³/mol. The topological polar surface area (TPSA) is 35.5 Å². The quantitative estimate of drug-likeness (QED) is 0.596. The molecular formula is C17H24O3. The first-order valence-electron chi connectivity index (χ1n) is 6.98. The number of esters is 1. The second-order valence-electron chi connectivity index (χ2n) is 5.78. The van der Waals surface area contributed by atoms with Crippen LogP contribution >= 0.6 is 0 Å². The summed E-state index contributed by atoms with van der Waals surface area (Å²) in [6.45, 7) is 9.86. The third kappa shape index (κ3) is 6.41. The van der Waals surface area contributed by atoms with Crippen molar-refractivity contribution in [2.24, 2.45) is 0 Å². The van der Waals surface area contributed by atoms with Gasteiger partial charge in [0.15, 0.2) is 0 Å². The fourth-order valence-electron chi connectivity index (χ4n) is 1.52. The van der Waals surface area contributed by atoms with Crippen LogP contribution in [-0.4, -0.2) is 17.7 Å². The van der Waals surface area contributed by atoms with E-state index >= 15 is 0 Å². The summed E-state index contributed by atoms with van der Waals surface area (Å²) in [5.74, 6) is 0.469. The molecule has 110 valence electrons. The lowest BCUT2D eigenvalue weighted by Gasteiger charge is -2.21.